The third kappa shape index (κ3) is 2.97. The maximum absolute atomic E-state index is 11.8. The van der Waals surface area contributed by atoms with Gasteiger partial charge in [-0.25, -0.2) is 4.79 Å². The molecule has 0 radical (unpaired) electrons. The topological polar surface area (TPSA) is 73.3 Å². The fraction of sp³-hybridized carbons (Fsp3) is 0.615. The number of aromatic nitrogens is 1. The number of hydrogen-bond donors (Lipinski definition) is 0. The van der Waals surface area contributed by atoms with Gasteiger partial charge in [0, 0.05) is 18.8 Å². The summed E-state index contributed by atoms with van der Waals surface area (Å²) in [5.74, 6) is 0.0366. The van der Waals surface area contributed by atoms with Crippen LogP contribution in [0, 0.1) is 11.8 Å². The van der Waals surface area contributed by atoms with Crippen molar-refractivity contribution in [2.24, 2.45) is 11.8 Å². The van der Waals surface area contributed by atoms with E-state index in [-0.39, 0.29) is 11.8 Å². The quantitative estimate of drug-likeness (QED) is 0.749. The molecule has 0 spiro atoms. The normalized spacial score (nSPS) is 24.2. The monoisotopic (exact) mass is 251 g/mol. The lowest BCUT2D eigenvalue weighted by Crippen LogP contribution is -2.16. The predicted octanol–water partition coefficient (Wildman–Crippen LogP) is 2.12. The van der Waals surface area contributed by atoms with E-state index in [9.17, 15) is 9.59 Å². The van der Waals surface area contributed by atoms with Gasteiger partial charge in [0.25, 0.3) is 0 Å². The molecular formula is C13H17NO4. The van der Waals surface area contributed by atoms with Crippen molar-refractivity contribution in [1.82, 2.24) is 5.16 Å². The minimum atomic E-state index is -0.781. The number of Topliss-reactive ketones (excluding diaryl/α,β-unsaturated/α-hetero) is 1. The van der Waals surface area contributed by atoms with E-state index in [1.54, 1.807) is 0 Å². The van der Waals surface area contributed by atoms with Crippen molar-refractivity contribution >= 4 is 5.78 Å². The van der Waals surface area contributed by atoms with Gasteiger partial charge in [-0.1, -0.05) is 19.1 Å². The SMILES string of the molecule is CC/C=C\C[C@@H]1C(=O)CCC1Cc1noc(=O)o1. The Morgan fingerprint density at radius 1 is 1.39 bits per heavy atom. The van der Waals surface area contributed by atoms with Crippen LogP contribution in [0.1, 0.15) is 38.5 Å². The van der Waals surface area contributed by atoms with Crippen LogP contribution >= 0.6 is 0 Å². The number of rotatable bonds is 5. The Bertz CT molecular complexity index is 485. The lowest BCUT2D eigenvalue weighted by Gasteiger charge is -2.14. The van der Waals surface area contributed by atoms with Crippen LogP contribution in [0.2, 0.25) is 0 Å². The van der Waals surface area contributed by atoms with Crippen LogP contribution in [0.15, 0.2) is 25.9 Å². The van der Waals surface area contributed by atoms with Gasteiger partial charge in [0.1, 0.15) is 5.78 Å². The van der Waals surface area contributed by atoms with Gasteiger partial charge in [-0.2, -0.15) is 0 Å². The lowest BCUT2D eigenvalue weighted by atomic mass is 9.89. The average molecular weight is 251 g/mol. The molecule has 1 aromatic heterocycles. The first-order chi connectivity index (χ1) is 8.70. The molecule has 0 saturated heterocycles. The van der Waals surface area contributed by atoms with Gasteiger partial charge in [-0.15, -0.1) is 0 Å². The molecule has 98 valence electrons. The van der Waals surface area contributed by atoms with Crippen molar-refractivity contribution in [3.63, 3.8) is 0 Å². The van der Waals surface area contributed by atoms with E-state index in [4.69, 9.17) is 4.42 Å². The molecule has 18 heavy (non-hydrogen) atoms. The van der Waals surface area contributed by atoms with Gasteiger partial charge >= 0.3 is 5.82 Å². The maximum atomic E-state index is 11.8. The highest BCUT2D eigenvalue weighted by Gasteiger charge is 2.34. The van der Waals surface area contributed by atoms with E-state index in [0.29, 0.717) is 24.5 Å². The maximum Gasteiger partial charge on any atom is 0.542 e. The molecule has 2 rings (SSSR count). The second-order valence-corrected chi connectivity index (χ2v) is 4.62. The molecule has 1 fully saturated rings. The molecule has 1 heterocycles. The first kappa shape index (κ1) is 12.8. The summed E-state index contributed by atoms with van der Waals surface area (Å²) in [6, 6.07) is 0. The summed E-state index contributed by atoms with van der Waals surface area (Å²) < 4.78 is 9.16. The molecule has 5 heteroatoms. The van der Waals surface area contributed by atoms with Crippen molar-refractivity contribution in [2.75, 3.05) is 0 Å². The number of carbonyl (C=O) groups excluding carboxylic acids is 1. The molecule has 0 N–H and O–H groups in total. The third-order valence-corrected chi connectivity index (χ3v) is 3.40. The molecule has 0 aromatic carbocycles. The molecule has 0 bridgehead atoms. The highest BCUT2D eigenvalue weighted by Crippen LogP contribution is 2.33. The van der Waals surface area contributed by atoms with Crippen LogP contribution < -0.4 is 5.82 Å². The molecular weight excluding hydrogens is 234 g/mol. The van der Waals surface area contributed by atoms with Crippen molar-refractivity contribution < 1.29 is 13.7 Å². The van der Waals surface area contributed by atoms with E-state index in [1.165, 1.54) is 0 Å². The summed E-state index contributed by atoms with van der Waals surface area (Å²) in [6.45, 7) is 2.06. The number of hydrogen-bond acceptors (Lipinski definition) is 5. The molecule has 1 aromatic rings. The van der Waals surface area contributed by atoms with Gasteiger partial charge < -0.3 is 4.42 Å². The minimum absolute atomic E-state index is 0.0230. The second kappa shape index (κ2) is 5.80. The van der Waals surface area contributed by atoms with Gasteiger partial charge in [0.05, 0.1) is 0 Å². The standard InChI is InChI=1S/C13H17NO4/c1-2-3-4-5-10-9(6-7-11(10)15)8-12-14-18-13(16)17-12/h3-4,9-10H,2,5-8H2,1H3/b4-3-/t9?,10-/m0/s1. The van der Waals surface area contributed by atoms with Crippen LogP contribution in [0.3, 0.4) is 0 Å². The Kier molecular flexibility index (Phi) is 4.12. The zero-order valence-corrected chi connectivity index (χ0v) is 10.4. The fourth-order valence-electron chi connectivity index (χ4n) is 2.48. The fourth-order valence-corrected chi connectivity index (χ4v) is 2.48. The van der Waals surface area contributed by atoms with E-state index >= 15 is 0 Å². The van der Waals surface area contributed by atoms with Crippen molar-refractivity contribution in [1.29, 1.82) is 0 Å². The Morgan fingerprint density at radius 3 is 2.89 bits per heavy atom. The summed E-state index contributed by atoms with van der Waals surface area (Å²) in [6.07, 6.45) is 7.81. The first-order valence-corrected chi connectivity index (χ1v) is 6.34. The first-order valence-electron chi connectivity index (χ1n) is 6.34. The van der Waals surface area contributed by atoms with Gasteiger partial charge in [-0.3, -0.25) is 9.32 Å². The molecule has 1 aliphatic rings. The highest BCUT2D eigenvalue weighted by molar-refractivity contribution is 5.83. The van der Waals surface area contributed by atoms with Crippen LogP contribution in [-0.4, -0.2) is 10.9 Å². The van der Waals surface area contributed by atoms with Crippen LogP contribution in [0.5, 0.6) is 0 Å². The van der Waals surface area contributed by atoms with Crippen LogP contribution in [0.25, 0.3) is 0 Å². The van der Waals surface area contributed by atoms with Crippen molar-refractivity contribution in [3.8, 4) is 0 Å². The Hall–Kier alpha value is -1.65. The average Bonchev–Trinajstić information content (AvgIpc) is 2.89. The number of nitrogens with zero attached hydrogens (tertiary/aromatic N) is 1. The molecule has 0 amide bonds. The second-order valence-electron chi connectivity index (χ2n) is 4.62. The lowest BCUT2D eigenvalue weighted by molar-refractivity contribution is -0.121. The Balaban J connectivity index is 2.00. The van der Waals surface area contributed by atoms with E-state index in [2.05, 4.69) is 28.8 Å². The number of allylic oxidation sites excluding steroid dienone is 2. The van der Waals surface area contributed by atoms with Gasteiger partial charge in [0.15, 0.2) is 0 Å². The number of carbonyl (C=O) groups is 1. The van der Waals surface area contributed by atoms with Crippen molar-refractivity contribution in [3.05, 3.63) is 28.7 Å². The summed E-state index contributed by atoms with van der Waals surface area (Å²) >= 11 is 0. The number of ketones is 1. The third-order valence-electron chi connectivity index (χ3n) is 3.40. The zero-order chi connectivity index (χ0) is 13.0. The minimum Gasteiger partial charge on any atom is -0.375 e. The van der Waals surface area contributed by atoms with Gasteiger partial charge in [-0.05, 0) is 30.3 Å². The molecule has 5 nitrogen and oxygen atoms in total. The molecule has 1 aliphatic carbocycles. The molecule has 0 aliphatic heterocycles. The van der Waals surface area contributed by atoms with Crippen LogP contribution in [0.4, 0.5) is 0 Å². The molecule has 2 atom stereocenters. The smallest absolute Gasteiger partial charge is 0.375 e. The Labute approximate surface area is 105 Å². The van der Waals surface area contributed by atoms with E-state index < -0.39 is 5.82 Å². The summed E-state index contributed by atoms with van der Waals surface area (Å²) in [4.78, 5) is 22.6. The molecule has 1 unspecified atom stereocenters. The Morgan fingerprint density at radius 2 is 2.22 bits per heavy atom. The van der Waals surface area contributed by atoms with Crippen LogP contribution in [-0.2, 0) is 11.2 Å². The van der Waals surface area contributed by atoms with E-state index in [0.717, 1.165) is 19.3 Å². The largest absolute Gasteiger partial charge is 0.542 e. The summed E-state index contributed by atoms with van der Waals surface area (Å²) in [5.41, 5.74) is 0. The molecule has 1 saturated carbocycles. The summed E-state index contributed by atoms with van der Waals surface area (Å²) in [5, 5.41) is 3.55. The van der Waals surface area contributed by atoms with Gasteiger partial charge in [0.2, 0.25) is 5.89 Å². The van der Waals surface area contributed by atoms with E-state index in [1.807, 2.05) is 0 Å². The van der Waals surface area contributed by atoms with Crippen molar-refractivity contribution in [2.45, 2.75) is 39.0 Å². The zero-order valence-electron chi connectivity index (χ0n) is 10.4. The highest BCUT2D eigenvalue weighted by atomic mass is 16.6. The summed E-state index contributed by atoms with van der Waals surface area (Å²) in [7, 11) is 0. The predicted molar refractivity (Wildman–Crippen MR) is 64.0 cm³/mol.